The van der Waals surface area contributed by atoms with Crippen molar-refractivity contribution in [2.24, 2.45) is 5.41 Å². The van der Waals surface area contributed by atoms with Crippen LogP contribution in [0.25, 0.3) is 16.7 Å². The highest BCUT2D eigenvalue weighted by atomic mass is 35.5. The monoisotopic (exact) mass is 557 g/mol. The lowest BCUT2D eigenvalue weighted by Crippen LogP contribution is -2.73. The summed E-state index contributed by atoms with van der Waals surface area (Å²) in [6.45, 7) is 6.56. The average molecular weight is 558 g/mol. The normalized spacial score (nSPS) is 15.7. The van der Waals surface area contributed by atoms with E-state index in [2.05, 4.69) is 36.8 Å². The van der Waals surface area contributed by atoms with Crippen molar-refractivity contribution in [3.05, 3.63) is 78.7 Å². The van der Waals surface area contributed by atoms with Crippen LogP contribution < -0.4 is 15.0 Å². The number of ether oxygens (including phenoxy) is 1. The number of fused-ring (bicyclic) bond motifs is 2. The largest absolute Gasteiger partial charge is 0.455 e. The first-order chi connectivity index (χ1) is 19.4. The molecule has 11 nitrogen and oxygen atoms in total. The Balaban J connectivity index is 1.10. The van der Waals surface area contributed by atoms with Gasteiger partial charge < -0.3 is 19.9 Å². The van der Waals surface area contributed by atoms with Gasteiger partial charge in [0.05, 0.1) is 11.2 Å². The van der Waals surface area contributed by atoms with Gasteiger partial charge in [-0.15, -0.1) is 0 Å². The second kappa shape index (κ2) is 9.12. The molecule has 0 aliphatic carbocycles. The van der Waals surface area contributed by atoms with Crippen LogP contribution in [0.4, 0.5) is 21.7 Å². The summed E-state index contributed by atoms with van der Waals surface area (Å²) in [5.41, 5.74) is 1.89. The number of amides is 1. The van der Waals surface area contributed by atoms with Gasteiger partial charge in [-0.3, -0.25) is 4.79 Å². The summed E-state index contributed by atoms with van der Waals surface area (Å²) < 4.78 is 22.8. The first-order valence-corrected chi connectivity index (χ1v) is 12.8. The molecule has 2 aliphatic rings. The van der Waals surface area contributed by atoms with Crippen molar-refractivity contribution >= 4 is 51.5 Å². The van der Waals surface area contributed by atoms with E-state index in [0.29, 0.717) is 41.3 Å². The molecule has 0 saturated carbocycles. The van der Waals surface area contributed by atoms with Crippen LogP contribution in [0.2, 0.25) is 5.02 Å². The summed E-state index contributed by atoms with van der Waals surface area (Å²) in [7, 11) is 0. The quantitative estimate of drug-likeness (QED) is 0.306. The second-order valence-electron chi connectivity index (χ2n) is 9.91. The standard InChI is InChI=1S/C27H21ClFN9O2/c1-2-22(39)37-12-27(13-37)10-36(11-27)20-6-4-18-25(35-20)26(32-14-30-18)34-17-3-5-19(23(28)24(17)29)40-16-7-8-38-21(9-16)31-15-33-38/h2-9,14-15H,1,10-13H2,(H,30,32,34). The van der Waals surface area contributed by atoms with Gasteiger partial charge in [0, 0.05) is 43.9 Å². The number of nitrogens with one attached hydrogen (secondary N) is 1. The second-order valence-corrected chi connectivity index (χ2v) is 10.3. The van der Waals surface area contributed by atoms with Crippen LogP contribution >= 0.6 is 11.6 Å². The molecular formula is C27H21ClFN9O2. The molecular weight excluding hydrogens is 537 g/mol. The summed E-state index contributed by atoms with van der Waals surface area (Å²) in [5, 5.41) is 6.87. The number of carbonyl (C=O) groups is 1. The third kappa shape index (κ3) is 4.04. The van der Waals surface area contributed by atoms with Crippen LogP contribution in [-0.4, -0.2) is 66.5 Å². The minimum absolute atomic E-state index is 0.0407. The SMILES string of the molecule is C=CC(=O)N1CC2(C1)CN(c1ccc3ncnc(Nc4ccc(Oc5ccn6ncnc6c5)c(Cl)c4F)c3n1)C2. The third-order valence-corrected chi connectivity index (χ3v) is 7.51. The molecule has 40 heavy (non-hydrogen) atoms. The lowest BCUT2D eigenvalue weighted by Gasteiger charge is -2.60. The van der Waals surface area contributed by atoms with Crippen LogP contribution in [0.1, 0.15) is 0 Å². The molecule has 1 spiro atoms. The van der Waals surface area contributed by atoms with Crippen LogP contribution in [-0.2, 0) is 4.79 Å². The van der Waals surface area contributed by atoms with Crippen molar-refractivity contribution < 1.29 is 13.9 Å². The number of rotatable bonds is 6. The molecule has 0 unspecified atom stereocenters. The Kier molecular flexibility index (Phi) is 5.52. The lowest BCUT2D eigenvalue weighted by molar-refractivity contribution is -0.139. The lowest BCUT2D eigenvalue weighted by atomic mass is 9.73. The number of hydrogen-bond donors (Lipinski definition) is 1. The predicted molar refractivity (Wildman–Crippen MR) is 147 cm³/mol. The summed E-state index contributed by atoms with van der Waals surface area (Å²) in [4.78, 5) is 33.3. The van der Waals surface area contributed by atoms with Gasteiger partial charge in [0.25, 0.3) is 0 Å². The van der Waals surface area contributed by atoms with Crippen molar-refractivity contribution in [1.82, 2.24) is 34.4 Å². The first-order valence-electron chi connectivity index (χ1n) is 12.4. The fourth-order valence-corrected chi connectivity index (χ4v) is 5.40. The third-order valence-electron chi connectivity index (χ3n) is 7.16. The van der Waals surface area contributed by atoms with Crippen LogP contribution in [0, 0.1) is 11.2 Å². The number of hydrogen-bond acceptors (Lipinski definition) is 9. The van der Waals surface area contributed by atoms with Crippen molar-refractivity contribution in [3.8, 4) is 11.5 Å². The number of nitrogens with zero attached hydrogens (tertiary/aromatic N) is 8. The Hall–Kier alpha value is -4.84. The molecule has 200 valence electrons. The Bertz CT molecular complexity index is 1810. The zero-order valence-corrected chi connectivity index (χ0v) is 21.7. The highest BCUT2D eigenvalue weighted by Gasteiger charge is 2.53. The molecule has 1 amide bonds. The molecule has 2 aliphatic heterocycles. The summed E-state index contributed by atoms with van der Waals surface area (Å²) in [6.07, 6.45) is 5.85. The molecule has 6 heterocycles. The van der Waals surface area contributed by atoms with E-state index < -0.39 is 5.82 Å². The number of benzene rings is 1. The van der Waals surface area contributed by atoms with Gasteiger partial charge in [0.15, 0.2) is 17.3 Å². The van der Waals surface area contributed by atoms with Gasteiger partial charge in [-0.25, -0.2) is 28.8 Å². The average Bonchev–Trinajstić information content (AvgIpc) is 3.39. The molecule has 4 aromatic heterocycles. The zero-order chi connectivity index (χ0) is 27.4. The smallest absolute Gasteiger partial charge is 0.245 e. The van der Waals surface area contributed by atoms with Gasteiger partial charge in [-0.2, -0.15) is 5.10 Å². The molecule has 0 bridgehead atoms. The maximum atomic E-state index is 15.4. The molecule has 0 atom stereocenters. The first kappa shape index (κ1) is 24.2. The number of halogens is 2. The molecule has 5 aromatic rings. The van der Waals surface area contributed by atoms with E-state index >= 15 is 4.39 Å². The number of likely N-dealkylation sites (tertiary alicyclic amines) is 1. The number of pyridine rings is 2. The van der Waals surface area contributed by atoms with Gasteiger partial charge in [0.1, 0.15) is 40.5 Å². The van der Waals surface area contributed by atoms with Gasteiger partial charge in [-0.1, -0.05) is 18.2 Å². The van der Waals surface area contributed by atoms with Gasteiger partial charge in [-0.05, 0) is 36.4 Å². The van der Waals surface area contributed by atoms with Gasteiger partial charge >= 0.3 is 0 Å². The van der Waals surface area contributed by atoms with Crippen LogP contribution in [0.15, 0.2) is 67.9 Å². The Morgan fingerprint density at radius 1 is 1.10 bits per heavy atom. The number of carbonyl (C=O) groups excluding carboxylic acids is 1. The van der Waals surface area contributed by atoms with E-state index in [9.17, 15) is 4.79 Å². The molecule has 7 rings (SSSR count). The predicted octanol–water partition coefficient (Wildman–Crippen LogP) is 4.23. The highest BCUT2D eigenvalue weighted by molar-refractivity contribution is 6.32. The number of aromatic nitrogens is 6. The van der Waals surface area contributed by atoms with Gasteiger partial charge in [0.2, 0.25) is 5.91 Å². The maximum absolute atomic E-state index is 15.4. The van der Waals surface area contributed by atoms with E-state index in [0.717, 1.165) is 18.9 Å². The Labute approximate surface area is 231 Å². The zero-order valence-electron chi connectivity index (χ0n) is 21.0. The van der Waals surface area contributed by atoms with E-state index in [1.807, 2.05) is 12.1 Å². The minimum atomic E-state index is -0.695. The minimum Gasteiger partial charge on any atom is -0.455 e. The fraction of sp³-hybridized carbons (Fsp3) is 0.185. The van der Waals surface area contributed by atoms with E-state index in [-0.39, 0.29) is 27.8 Å². The molecule has 1 N–H and O–H groups in total. The summed E-state index contributed by atoms with van der Waals surface area (Å²) >= 11 is 6.35. The van der Waals surface area contributed by atoms with E-state index in [1.165, 1.54) is 24.8 Å². The van der Waals surface area contributed by atoms with Crippen LogP contribution in [0.3, 0.4) is 0 Å². The van der Waals surface area contributed by atoms with E-state index in [1.54, 1.807) is 33.8 Å². The summed E-state index contributed by atoms with van der Waals surface area (Å²) in [5.74, 6) is 0.957. The molecule has 2 fully saturated rings. The van der Waals surface area contributed by atoms with Crippen molar-refractivity contribution in [2.75, 3.05) is 36.4 Å². The van der Waals surface area contributed by atoms with E-state index in [4.69, 9.17) is 21.3 Å². The van der Waals surface area contributed by atoms with Crippen molar-refractivity contribution in [3.63, 3.8) is 0 Å². The molecule has 0 radical (unpaired) electrons. The molecule has 2 saturated heterocycles. The molecule has 1 aromatic carbocycles. The maximum Gasteiger partial charge on any atom is 0.245 e. The topological polar surface area (TPSA) is 114 Å². The fourth-order valence-electron chi connectivity index (χ4n) is 5.19. The summed E-state index contributed by atoms with van der Waals surface area (Å²) in [6, 6.07) is 10.2. The Morgan fingerprint density at radius 2 is 1.95 bits per heavy atom. The Morgan fingerprint density at radius 3 is 2.77 bits per heavy atom. The number of anilines is 3. The van der Waals surface area contributed by atoms with Crippen molar-refractivity contribution in [1.29, 1.82) is 0 Å². The van der Waals surface area contributed by atoms with Crippen LogP contribution in [0.5, 0.6) is 11.5 Å². The highest BCUT2D eigenvalue weighted by Crippen LogP contribution is 2.42. The molecule has 13 heteroatoms. The van der Waals surface area contributed by atoms with Crippen molar-refractivity contribution in [2.45, 2.75) is 0 Å².